The monoisotopic (exact) mass is 388 g/mol. The quantitative estimate of drug-likeness (QED) is 0.718. The lowest BCUT2D eigenvalue weighted by Gasteiger charge is -2.35. The van der Waals surface area contributed by atoms with Crippen LogP contribution in [0.1, 0.15) is 57.2 Å². The molecule has 8 heteroatoms. The van der Waals surface area contributed by atoms with Crippen LogP contribution in [-0.2, 0) is 29.2 Å². The number of carbonyl (C=O) groups is 1. The molecule has 8 nitrogen and oxygen atoms in total. The van der Waals surface area contributed by atoms with Crippen molar-refractivity contribution in [1.82, 2.24) is 19.2 Å². The van der Waals surface area contributed by atoms with Gasteiger partial charge in [-0.05, 0) is 38.0 Å². The van der Waals surface area contributed by atoms with Crippen LogP contribution in [0.15, 0.2) is 9.59 Å². The third-order valence-corrected chi connectivity index (χ3v) is 6.87. The Labute approximate surface area is 163 Å². The molecule has 2 aliphatic carbocycles. The molecule has 2 saturated carbocycles. The summed E-state index contributed by atoms with van der Waals surface area (Å²) >= 11 is 0. The topological polar surface area (TPSA) is 86.4 Å². The van der Waals surface area contributed by atoms with Crippen LogP contribution in [0.25, 0.3) is 0 Å². The lowest BCUT2D eigenvalue weighted by atomic mass is 9.89. The molecule has 0 unspecified atom stereocenters. The van der Waals surface area contributed by atoms with Crippen LogP contribution in [0.5, 0.6) is 0 Å². The highest BCUT2D eigenvalue weighted by molar-refractivity contribution is 5.81. The third kappa shape index (κ3) is 3.21. The maximum Gasteiger partial charge on any atom is 0.332 e. The number of hydrogen-bond acceptors (Lipinski definition) is 5. The van der Waals surface area contributed by atoms with Gasteiger partial charge in [0.2, 0.25) is 5.91 Å². The zero-order chi connectivity index (χ0) is 19.3. The van der Waals surface area contributed by atoms with Gasteiger partial charge in [-0.1, -0.05) is 19.3 Å². The fourth-order valence-electron chi connectivity index (χ4n) is 5.01. The fraction of sp³-hybridized carbons (Fsp3) is 0.800. The largest absolute Gasteiger partial charge is 0.363 e. The summed E-state index contributed by atoms with van der Waals surface area (Å²) in [5, 5.41) is 4.48. The molecule has 1 atom stereocenters. The summed E-state index contributed by atoms with van der Waals surface area (Å²) in [5.74, 6) is 1.34. The van der Waals surface area contributed by atoms with Crippen LogP contribution in [-0.4, -0.2) is 43.8 Å². The normalized spacial score (nSPS) is 27.9. The Balaban J connectivity index is 1.36. The van der Waals surface area contributed by atoms with Crippen molar-refractivity contribution in [3.8, 4) is 0 Å². The van der Waals surface area contributed by atoms with Crippen molar-refractivity contribution in [2.24, 2.45) is 11.8 Å². The lowest BCUT2D eigenvalue weighted by Crippen LogP contribution is -2.53. The Morgan fingerprint density at radius 1 is 1.07 bits per heavy atom. The summed E-state index contributed by atoms with van der Waals surface area (Å²) in [6.45, 7) is 2.20. The van der Waals surface area contributed by atoms with Crippen LogP contribution in [0.4, 0.5) is 0 Å². The summed E-state index contributed by atoms with van der Waals surface area (Å²) in [7, 11) is 0. The van der Waals surface area contributed by atoms with E-state index in [9.17, 15) is 14.4 Å². The van der Waals surface area contributed by atoms with Gasteiger partial charge >= 0.3 is 11.1 Å². The second-order valence-corrected chi connectivity index (χ2v) is 9.05. The van der Waals surface area contributed by atoms with E-state index in [-0.39, 0.29) is 18.4 Å². The van der Waals surface area contributed by atoms with Crippen molar-refractivity contribution in [2.75, 3.05) is 13.1 Å². The van der Waals surface area contributed by atoms with Gasteiger partial charge in [0, 0.05) is 19.0 Å². The van der Waals surface area contributed by atoms with E-state index in [1.165, 1.54) is 28.5 Å². The molecule has 3 fully saturated rings. The minimum Gasteiger partial charge on any atom is -0.363 e. The Kier molecular flexibility index (Phi) is 4.41. The molecular weight excluding hydrogens is 360 g/mol. The van der Waals surface area contributed by atoms with Crippen LogP contribution in [0.2, 0.25) is 0 Å². The van der Waals surface area contributed by atoms with Crippen molar-refractivity contribution >= 4 is 5.91 Å². The SMILES string of the molecule is O=C(C1CC1)N1CC[C@]2(C1)Cn1c(nn(CC3CCCCC3)c(=O)c1=O)CO2. The van der Waals surface area contributed by atoms with Crippen molar-refractivity contribution in [3.05, 3.63) is 26.5 Å². The highest BCUT2D eigenvalue weighted by Crippen LogP contribution is 2.36. The highest BCUT2D eigenvalue weighted by Gasteiger charge is 2.46. The Bertz CT molecular complexity index is 896. The van der Waals surface area contributed by atoms with E-state index < -0.39 is 16.7 Å². The van der Waals surface area contributed by atoms with Crippen LogP contribution >= 0.6 is 0 Å². The number of carbonyl (C=O) groups excluding carboxylic acids is 1. The number of amides is 1. The first kappa shape index (κ1) is 18.1. The summed E-state index contributed by atoms with van der Waals surface area (Å²) < 4.78 is 9.00. The first-order valence-corrected chi connectivity index (χ1v) is 10.7. The van der Waals surface area contributed by atoms with Gasteiger partial charge in [-0.3, -0.25) is 19.0 Å². The molecule has 28 heavy (non-hydrogen) atoms. The molecule has 1 amide bonds. The van der Waals surface area contributed by atoms with Gasteiger partial charge in [0.15, 0.2) is 5.82 Å². The Hall–Kier alpha value is -1.96. The van der Waals surface area contributed by atoms with Gasteiger partial charge in [0.1, 0.15) is 12.2 Å². The van der Waals surface area contributed by atoms with Gasteiger partial charge in [-0.25, -0.2) is 4.68 Å². The molecule has 1 saturated heterocycles. The maximum absolute atomic E-state index is 12.8. The van der Waals surface area contributed by atoms with Crippen LogP contribution < -0.4 is 11.1 Å². The van der Waals surface area contributed by atoms with E-state index in [1.54, 1.807) is 0 Å². The number of ether oxygens (including phenoxy) is 1. The van der Waals surface area contributed by atoms with E-state index >= 15 is 0 Å². The lowest BCUT2D eigenvalue weighted by molar-refractivity contribution is -0.134. The molecule has 1 aromatic rings. The number of aromatic nitrogens is 3. The molecule has 1 aromatic heterocycles. The summed E-state index contributed by atoms with van der Waals surface area (Å²) in [4.78, 5) is 39.7. The highest BCUT2D eigenvalue weighted by atomic mass is 16.5. The fourth-order valence-corrected chi connectivity index (χ4v) is 5.01. The summed E-state index contributed by atoms with van der Waals surface area (Å²) in [6, 6.07) is 0. The number of nitrogens with zero attached hydrogens (tertiary/aromatic N) is 4. The number of likely N-dealkylation sites (tertiary alicyclic amines) is 1. The number of rotatable bonds is 3. The molecule has 1 spiro atoms. The number of hydrogen-bond donors (Lipinski definition) is 0. The molecule has 5 rings (SSSR count). The summed E-state index contributed by atoms with van der Waals surface area (Å²) in [6.07, 6.45) is 8.47. The average Bonchev–Trinajstić information content (AvgIpc) is 3.49. The molecule has 2 aliphatic heterocycles. The van der Waals surface area contributed by atoms with E-state index in [0.717, 1.165) is 25.7 Å². The molecule has 152 valence electrons. The van der Waals surface area contributed by atoms with Crippen LogP contribution in [0.3, 0.4) is 0 Å². The molecule has 0 bridgehead atoms. The van der Waals surface area contributed by atoms with Crippen molar-refractivity contribution in [1.29, 1.82) is 0 Å². The average molecular weight is 388 g/mol. The molecule has 0 N–H and O–H groups in total. The third-order valence-electron chi connectivity index (χ3n) is 6.87. The predicted molar refractivity (Wildman–Crippen MR) is 101 cm³/mol. The minimum atomic E-state index is -0.564. The number of fused-ring (bicyclic) bond motifs is 1. The minimum absolute atomic E-state index is 0.183. The first-order valence-electron chi connectivity index (χ1n) is 10.7. The van der Waals surface area contributed by atoms with E-state index in [1.807, 2.05) is 4.90 Å². The van der Waals surface area contributed by atoms with Crippen molar-refractivity contribution in [2.45, 2.75) is 76.7 Å². The molecular formula is C20H28N4O4. The van der Waals surface area contributed by atoms with Gasteiger partial charge in [-0.2, -0.15) is 5.10 Å². The second kappa shape index (κ2) is 6.83. The molecule has 0 aromatic carbocycles. The van der Waals surface area contributed by atoms with E-state index in [2.05, 4.69) is 5.10 Å². The maximum atomic E-state index is 12.8. The van der Waals surface area contributed by atoms with Crippen molar-refractivity contribution in [3.63, 3.8) is 0 Å². The Morgan fingerprint density at radius 3 is 2.61 bits per heavy atom. The molecule has 0 radical (unpaired) electrons. The summed E-state index contributed by atoms with van der Waals surface area (Å²) in [5.41, 5.74) is -1.60. The van der Waals surface area contributed by atoms with E-state index in [4.69, 9.17) is 4.74 Å². The predicted octanol–water partition coefficient (Wildman–Crippen LogP) is 0.897. The van der Waals surface area contributed by atoms with Gasteiger partial charge < -0.3 is 9.64 Å². The smallest absolute Gasteiger partial charge is 0.332 e. The zero-order valence-electron chi connectivity index (χ0n) is 16.3. The van der Waals surface area contributed by atoms with Gasteiger partial charge in [-0.15, -0.1) is 0 Å². The second-order valence-electron chi connectivity index (χ2n) is 9.05. The van der Waals surface area contributed by atoms with Gasteiger partial charge in [0.05, 0.1) is 13.1 Å². The first-order chi connectivity index (χ1) is 13.5. The molecule has 3 heterocycles. The molecule has 4 aliphatic rings. The standard InChI is InChI=1S/C20H28N4O4/c25-17(15-6-7-15)22-9-8-20(12-22)13-23-16(11-28-20)21-24(19(27)18(23)26)10-14-4-2-1-3-5-14/h14-15H,1-13H2/t20-/m0/s1. The Morgan fingerprint density at radius 2 is 1.86 bits per heavy atom. The van der Waals surface area contributed by atoms with Crippen LogP contribution in [0, 0.1) is 11.8 Å². The van der Waals surface area contributed by atoms with E-state index in [0.29, 0.717) is 44.3 Å². The van der Waals surface area contributed by atoms with Gasteiger partial charge in [0.25, 0.3) is 0 Å². The van der Waals surface area contributed by atoms with Crippen molar-refractivity contribution < 1.29 is 9.53 Å². The zero-order valence-corrected chi connectivity index (χ0v) is 16.3.